The minimum atomic E-state index is -2.13. The molecule has 1 fully saturated rings. The molecule has 1 nitrogen and oxygen atoms in total. The van der Waals surface area contributed by atoms with E-state index in [4.69, 9.17) is 0 Å². The fraction of sp³-hybridized carbons (Fsp3) is 1.00. The molecule has 0 bridgehead atoms. The maximum absolute atomic E-state index is 12.4. The molecule has 1 aliphatic rings. The number of alkyl halides is 2. The lowest BCUT2D eigenvalue weighted by Gasteiger charge is -2.30. The second kappa shape index (κ2) is 5.78. The van der Waals surface area contributed by atoms with Gasteiger partial charge in [0.2, 0.25) is 6.43 Å². The van der Waals surface area contributed by atoms with Gasteiger partial charge in [-0.3, -0.25) is 0 Å². The minimum Gasteiger partial charge on any atom is -0.303 e. The van der Waals surface area contributed by atoms with Crippen molar-refractivity contribution in [3.63, 3.8) is 0 Å². The third-order valence-electron chi connectivity index (χ3n) is 3.55. The van der Waals surface area contributed by atoms with E-state index in [0.717, 1.165) is 25.8 Å². The third-order valence-corrected chi connectivity index (χ3v) is 3.55. The SMILES string of the molecule is CC(C)C1CC(CC(F)F)CCCN1C. The monoisotopic (exact) mass is 219 g/mol. The summed E-state index contributed by atoms with van der Waals surface area (Å²) < 4.78 is 24.7. The molecule has 1 heterocycles. The molecule has 0 aromatic rings. The maximum atomic E-state index is 12.4. The predicted octanol–water partition coefficient (Wildman–Crippen LogP) is 3.40. The number of halogens is 2. The lowest BCUT2D eigenvalue weighted by atomic mass is 9.89. The van der Waals surface area contributed by atoms with Crippen molar-refractivity contribution in [3.8, 4) is 0 Å². The van der Waals surface area contributed by atoms with Gasteiger partial charge in [0.25, 0.3) is 0 Å². The van der Waals surface area contributed by atoms with Crippen LogP contribution in [0.3, 0.4) is 0 Å². The second-order valence-electron chi connectivity index (χ2n) is 5.16. The van der Waals surface area contributed by atoms with Gasteiger partial charge in [-0.1, -0.05) is 13.8 Å². The quantitative estimate of drug-likeness (QED) is 0.703. The Balaban J connectivity index is 2.55. The summed E-state index contributed by atoms with van der Waals surface area (Å²) in [6.07, 6.45) is 0.941. The molecule has 3 heteroatoms. The Kier molecular flexibility index (Phi) is 4.97. The third kappa shape index (κ3) is 4.06. The first-order chi connectivity index (χ1) is 7.00. The Hall–Kier alpha value is -0.180. The van der Waals surface area contributed by atoms with Crippen molar-refractivity contribution >= 4 is 0 Å². The number of hydrogen-bond acceptors (Lipinski definition) is 1. The Labute approximate surface area is 91.8 Å². The van der Waals surface area contributed by atoms with E-state index in [1.807, 2.05) is 0 Å². The zero-order valence-electron chi connectivity index (χ0n) is 10.0. The highest BCUT2D eigenvalue weighted by Crippen LogP contribution is 2.29. The average molecular weight is 219 g/mol. The summed E-state index contributed by atoms with van der Waals surface area (Å²) in [5, 5.41) is 0. The number of hydrogen-bond donors (Lipinski definition) is 0. The molecular formula is C12H23F2N. The van der Waals surface area contributed by atoms with Crippen molar-refractivity contribution in [2.24, 2.45) is 11.8 Å². The molecule has 1 aliphatic heterocycles. The van der Waals surface area contributed by atoms with Gasteiger partial charge in [-0.25, -0.2) is 8.78 Å². The zero-order valence-corrected chi connectivity index (χ0v) is 10.0. The van der Waals surface area contributed by atoms with Crippen LogP contribution in [0, 0.1) is 11.8 Å². The molecule has 1 saturated heterocycles. The van der Waals surface area contributed by atoms with Crippen LogP contribution < -0.4 is 0 Å². The van der Waals surface area contributed by atoms with E-state index < -0.39 is 6.43 Å². The smallest absolute Gasteiger partial charge is 0.238 e. The fourth-order valence-corrected chi connectivity index (χ4v) is 2.68. The molecule has 1 rings (SSSR count). The summed E-state index contributed by atoms with van der Waals surface area (Å²) in [6.45, 7) is 5.43. The van der Waals surface area contributed by atoms with E-state index in [9.17, 15) is 8.78 Å². The summed E-state index contributed by atoms with van der Waals surface area (Å²) >= 11 is 0. The van der Waals surface area contributed by atoms with E-state index in [0.29, 0.717) is 12.0 Å². The van der Waals surface area contributed by atoms with Gasteiger partial charge in [-0.05, 0) is 44.7 Å². The standard InChI is InChI=1S/C12H23F2N/c1-9(2)11-7-10(8-12(13)14)5-4-6-15(11)3/h9-12H,4-8H2,1-3H3. The van der Waals surface area contributed by atoms with Crippen LogP contribution in [0.2, 0.25) is 0 Å². The molecule has 15 heavy (non-hydrogen) atoms. The topological polar surface area (TPSA) is 3.24 Å². The molecule has 0 radical (unpaired) electrons. The summed E-state index contributed by atoms with van der Waals surface area (Å²) in [5.74, 6) is 0.788. The molecule has 2 atom stereocenters. The number of rotatable bonds is 3. The molecule has 0 amide bonds. The lowest BCUT2D eigenvalue weighted by Crippen LogP contribution is -2.36. The Morgan fingerprint density at radius 3 is 2.53 bits per heavy atom. The Morgan fingerprint density at radius 1 is 1.33 bits per heavy atom. The van der Waals surface area contributed by atoms with Gasteiger partial charge in [0, 0.05) is 12.5 Å². The second-order valence-corrected chi connectivity index (χ2v) is 5.16. The van der Waals surface area contributed by atoms with Gasteiger partial charge >= 0.3 is 0 Å². The summed E-state index contributed by atoms with van der Waals surface area (Å²) in [4.78, 5) is 2.34. The Bertz CT molecular complexity index is 182. The van der Waals surface area contributed by atoms with Crippen LogP contribution >= 0.6 is 0 Å². The van der Waals surface area contributed by atoms with Crippen LogP contribution in [0.5, 0.6) is 0 Å². The highest BCUT2D eigenvalue weighted by atomic mass is 19.3. The summed E-state index contributed by atoms with van der Waals surface area (Å²) in [7, 11) is 2.12. The van der Waals surface area contributed by atoms with E-state index in [1.165, 1.54) is 0 Å². The fourth-order valence-electron chi connectivity index (χ4n) is 2.68. The van der Waals surface area contributed by atoms with Gasteiger partial charge in [-0.15, -0.1) is 0 Å². The molecule has 0 N–H and O–H groups in total. The van der Waals surface area contributed by atoms with Gasteiger partial charge in [0.05, 0.1) is 0 Å². The summed E-state index contributed by atoms with van der Waals surface area (Å²) in [5.41, 5.74) is 0. The first kappa shape index (κ1) is 12.9. The van der Waals surface area contributed by atoms with E-state index >= 15 is 0 Å². The highest BCUT2D eigenvalue weighted by molar-refractivity contribution is 4.80. The van der Waals surface area contributed by atoms with Crippen LogP contribution in [-0.2, 0) is 0 Å². The first-order valence-electron chi connectivity index (χ1n) is 5.99. The predicted molar refractivity (Wildman–Crippen MR) is 59.2 cm³/mol. The van der Waals surface area contributed by atoms with Gasteiger partial charge in [-0.2, -0.15) is 0 Å². The van der Waals surface area contributed by atoms with Crippen molar-refractivity contribution in [3.05, 3.63) is 0 Å². The van der Waals surface area contributed by atoms with E-state index in [-0.39, 0.29) is 12.3 Å². The Morgan fingerprint density at radius 2 is 2.00 bits per heavy atom. The van der Waals surface area contributed by atoms with Crippen molar-refractivity contribution < 1.29 is 8.78 Å². The molecule has 0 spiro atoms. The summed E-state index contributed by atoms with van der Waals surface area (Å²) in [6, 6.07) is 0.483. The van der Waals surface area contributed by atoms with E-state index in [1.54, 1.807) is 0 Å². The number of nitrogens with zero attached hydrogens (tertiary/aromatic N) is 1. The van der Waals surface area contributed by atoms with Gasteiger partial charge in [0.1, 0.15) is 0 Å². The largest absolute Gasteiger partial charge is 0.303 e. The highest BCUT2D eigenvalue weighted by Gasteiger charge is 2.27. The van der Waals surface area contributed by atoms with Crippen molar-refractivity contribution in [2.45, 2.75) is 52.0 Å². The molecular weight excluding hydrogens is 196 g/mol. The van der Waals surface area contributed by atoms with Gasteiger partial charge < -0.3 is 4.90 Å². The molecule has 2 unspecified atom stereocenters. The molecule has 0 aromatic heterocycles. The van der Waals surface area contributed by atoms with Gasteiger partial charge in [0.15, 0.2) is 0 Å². The van der Waals surface area contributed by atoms with Crippen molar-refractivity contribution in [2.75, 3.05) is 13.6 Å². The molecule has 0 aliphatic carbocycles. The van der Waals surface area contributed by atoms with Crippen LogP contribution in [0.25, 0.3) is 0 Å². The molecule has 0 aromatic carbocycles. The van der Waals surface area contributed by atoms with Crippen molar-refractivity contribution in [1.82, 2.24) is 4.90 Å². The molecule has 0 saturated carbocycles. The zero-order chi connectivity index (χ0) is 11.4. The first-order valence-corrected chi connectivity index (χ1v) is 5.99. The normalized spacial score (nSPS) is 29.8. The maximum Gasteiger partial charge on any atom is 0.238 e. The lowest BCUT2D eigenvalue weighted by molar-refractivity contribution is 0.101. The van der Waals surface area contributed by atoms with Crippen molar-refractivity contribution in [1.29, 1.82) is 0 Å². The van der Waals surface area contributed by atoms with Crippen LogP contribution in [0.4, 0.5) is 8.78 Å². The van der Waals surface area contributed by atoms with Crippen LogP contribution in [0.15, 0.2) is 0 Å². The number of likely N-dealkylation sites (tertiary alicyclic amines) is 1. The average Bonchev–Trinajstić information content (AvgIpc) is 2.27. The van der Waals surface area contributed by atoms with Crippen LogP contribution in [0.1, 0.15) is 39.5 Å². The van der Waals surface area contributed by atoms with Crippen LogP contribution in [-0.4, -0.2) is 31.0 Å². The molecule has 90 valence electrons. The van der Waals surface area contributed by atoms with E-state index in [2.05, 4.69) is 25.8 Å². The minimum absolute atomic E-state index is 0.0943.